The summed E-state index contributed by atoms with van der Waals surface area (Å²) in [6, 6.07) is 8.74. The second-order valence-corrected chi connectivity index (χ2v) is 4.46. The van der Waals surface area contributed by atoms with E-state index in [0.717, 1.165) is 0 Å². The summed E-state index contributed by atoms with van der Waals surface area (Å²) in [7, 11) is 0. The van der Waals surface area contributed by atoms with Crippen molar-refractivity contribution >= 4 is 0 Å². The average molecular weight is 172 g/mol. The molecule has 68 valence electrons. The number of hydrogen-bond acceptors (Lipinski definition) is 0. The molecular weight excluding hydrogens is 156 g/mol. The lowest BCUT2D eigenvalue weighted by atomic mass is 9.81. The second kappa shape index (κ2) is 2.73. The number of fused-ring (bicyclic) bond motifs is 1. The summed E-state index contributed by atoms with van der Waals surface area (Å²) < 4.78 is 0. The fourth-order valence-corrected chi connectivity index (χ4v) is 2.11. The van der Waals surface area contributed by atoms with Gasteiger partial charge in [0.2, 0.25) is 0 Å². The Bertz CT molecular complexity index is 322. The molecule has 0 saturated carbocycles. The summed E-state index contributed by atoms with van der Waals surface area (Å²) in [6.45, 7) is 8.55. The Hall–Kier alpha value is -1.04. The van der Waals surface area contributed by atoms with Crippen LogP contribution in [-0.2, 0) is 12.8 Å². The van der Waals surface area contributed by atoms with Crippen LogP contribution in [0.4, 0.5) is 0 Å². The van der Waals surface area contributed by atoms with E-state index in [9.17, 15) is 0 Å². The lowest BCUT2D eigenvalue weighted by molar-refractivity contribution is 0.426. The van der Waals surface area contributed by atoms with E-state index in [4.69, 9.17) is 0 Å². The highest BCUT2D eigenvalue weighted by Gasteiger charge is 2.32. The van der Waals surface area contributed by atoms with Gasteiger partial charge >= 0.3 is 0 Å². The minimum atomic E-state index is 0.309. The van der Waals surface area contributed by atoms with Crippen molar-refractivity contribution in [3.63, 3.8) is 0 Å². The molecule has 0 bridgehead atoms. The topological polar surface area (TPSA) is 0 Å². The number of rotatable bonds is 1. The fraction of sp³-hybridized carbons (Fsp3) is 0.385. The summed E-state index contributed by atoms with van der Waals surface area (Å²) in [5.74, 6) is 0. The van der Waals surface area contributed by atoms with Crippen LogP contribution >= 0.6 is 0 Å². The van der Waals surface area contributed by atoms with Crippen molar-refractivity contribution in [2.75, 3.05) is 0 Å². The van der Waals surface area contributed by atoms with Crippen LogP contribution in [-0.4, -0.2) is 0 Å². The summed E-state index contributed by atoms with van der Waals surface area (Å²) in [6.07, 6.45) is 2.33. The third-order valence-electron chi connectivity index (χ3n) is 3.31. The van der Waals surface area contributed by atoms with E-state index in [0.29, 0.717) is 5.41 Å². The van der Waals surface area contributed by atoms with E-state index in [1.54, 1.807) is 0 Å². The van der Waals surface area contributed by atoms with Crippen LogP contribution < -0.4 is 0 Å². The molecular formula is C13H16. The van der Waals surface area contributed by atoms with E-state index >= 15 is 0 Å². The number of allylic oxidation sites excluding steroid dienone is 1. The highest BCUT2D eigenvalue weighted by atomic mass is 14.4. The molecule has 0 heterocycles. The monoisotopic (exact) mass is 172 g/mol. The van der Waals surface area contributed by atoms with Gasteiger partial charge < -0.3 is 0 Å². The maximum atomic E-state index is 4.09. The summed E-state index contributed by atoms with van der Waals surface area (Å²) in [5.41, 5.74) is 4.63. The Morgan fingerprint density at radius 3 is 2.08 bits per heavy atom. The van der Waals surface area contributed by atoms with Crippen molar-refractivity contribution in [2.24, 2.45) is 5.41 Å². The van der Waals surface area contributed by atoms with Gasteiger partial charge in [0.05, 0.1) is 0 Å². The van der Waals surface area contributed by atoms with E-state index < -0.39 is 0 Å². The van der Waals surface area contributed by atoms with Gasteiger partial charge in [-0.2, -0.15) is 0 Å². The zero-order chi connectivity index (χ0) is 9.47. The van der Waals surface area contributed by atoms with Gasteiger partial charge in [-0.05, 0) is 36.3 Å². The van der Waals surface area contributed by atoms with E-state index in [1.807, 2.05) is 0 Å². The molecule has 0 unspecified atom stereocenters. The van der Waals surface area contributed by atoms with Crippen molar-refractivity contribution in [3.8, 4) is 0 Å². The van der Waals surface area contributed by atoms with Gasteiger partial charge in [0.25, 0.3) is 0 Å². The quantitative estimate of drug-likeness (QED) is 0.570. The second-order valence-electron chi connectivity index (χ2n) is 4.46. The molecule has 0 aromatic heterocycles. The van der Waals surface area contributed by atoms with Crippen molar-refractivity contribution in [2.45, 2.75) is 26.7 Å². The highest BCUT2D eigenvalue weighted by molar-refractivity contribution is 5.37. The molecule has 0 fully saturated rings. The fourth-order valence-electron chi connectivity index (χ4n) is 2.11. The smallest absolute Gasteiger partial charge is 0.00410 e. The van der Waals surface area contributed by atoms with Gasteiger partial charge in [0, 0.05) is 0 Å². The molecule has 0 saturated heterocycles. The standard InChI is InChI=1S/C13H16/c1-10(2)13(3)8-11-6-4-5-7-12(11)9-13/h4-7H,1,8-9H2,2-3H3. The van der Waals surface area contributed by atoms with E-state index in [2.05, 4.69) is 44.7 Å². The third-order valence-corrected chi connectivity index (χ3v) is 3.31. The van der Waals surface area contributed by atoms with Crippen molar-refractivity contribution in [1.82, 2.24) is 0 Å². The molecule has 0 heteroatoms. The highest BCUT2D eigenvalue weighted by Crippen LogP contribution is 2.40. The molecule has 13 heavy (non-hydrogen) atoms. The molecule has 1 aliphatic carbocycles. The summed E-state index contributed by atoms with van der Waals surface area (Å²) in [4.78, 5) is 0. The van der Waals surface area contributed by atoms with Crippen molar-refractivity contribution in [1.29, 1.82) is 0 Å². The van der Waals surface area contributed by atoms with Gasteiger partial charge in [0.1, 0.15) is 0 Å². The molecule has 0 amide bonds. The predicted molar refractivity (Wildman–Crippen MR) is 56.8 cm³/mol. The first-order chi connectivity index (χ1) is 6.12. The number of benzene rings is 1. The van der Waals surface area contributed by atoms with Crippen LogP contribution in [0.3, 0.4) is 0 Å². The Labute approximate surface area is 80.3 Å². The first kappa shape index (κ1) is 8.55. The van der Waals surface area contributed by atoms with Crippen LogP contribution in [0.2, 0.25) is 0 Å². The molecule has 0 nitrogen and oxygen atoms in total. The molecule has 0 atom stereocenters. The maximum Gasteiger partial charge on any atom is -0.00410 e. The Morgan fingerprint density at radius 1 is 1.23 bits per heavy atom. The minimum absolute atomic E-state index is 0.309. The summed E-state index contributed by atoms with van der Waals surface area (Å²) >= 11 is 0. The SMILES string of the molecule is C=C(C)C1(C)Cc2ccccc2C1. The minimum Gasteiger partial charge on any atom is -0.0996 e. The Kier molecular flexibility index (Phi) is 1.80. The molecule has 0 radical (unpaired) electrons. The van der Waals surface area contributed by atoms with Gasteiger partial charge in [0.15, 0.2) is 0 Å². The Balaban J connectivity index is 2.37. The third kappa shape index (κ3) is 1.31. The lowest BCUT2D eigenvalue weighted by Crippen LogP contribution is -2.17. The lowest BCUT2D eigenvalue weighted by Gasteiger charge is -2.23. The zero-order valence-corrected chi connectivity index (χ0v) is 8.43. The predicted octanol–water partition coefficient (Wildman–Crippen LogP) is 3.37. The molecule has 1 aliphatic rings. The molecule has 1 aromatic rings. The van der Waals surface area contributed by atoms with Crippen molar-refractivity contribution in [3.05, 3.63) is 47.5 Å². The first-order valence-corrected chi connectivity index (χ1v) is 4.85. The van der Waals surface area contributed by atoms with E-state index in [1.165, 1.54) is 29.5 Å². The van der Waals surface area contributed by atoms with Crippen LogP contribution in [0.5, 0.6) is 0 Å². The summed E-state index contributed by atoms with van der Waals surface area (Å²) in [5, 5.41) is 0. The molecule has 1 aromatic carbocycles. The van der Waals surface area contributed by atoms with Crippen LogP contribution in [0.25, 0.3) is 0 Å². The van der Waals surface area contributed by atoms with Gasteiger partial charge in [-0.15, -0.1) is 0 Å². The van der Waals surface area contributed by atoms with E-state index in [-0.39, 0.29) is 0 Å². The molecule has 2 rings (SSSR count). The molecule has 0 aliphatic heterocycles. The molecule has 0 N–H and O–H groups in total. The van der Waals surface area contributed by atoms with Gasteiger partial charge in [-0.3, -0.25) is 0 Å². The van der Waals surface area contributed by atoms with Crippen LogP contribution in [0.1, 0.15) is 25.0 Å². The van der Waals surface area contributed by atoms with Crippen LogP contribution in [0, 0.1) is 5.41 Å². The molecule has 0 spiro atoms. The average Bonchev–Trinajstić information content (AvgIpc) is 2.42. The van der Waals surface area contributed by atoms with Crippen molar-refractivity contribution < 1.29 is 0 Å². The first-order valence-electron chi connectivity index (χ1n) is 4.85. The van der Waals surface area contributed by atoms with Crippen LogP contribution in [0.15, 0.2) is 36.4 Å². The maximum absolute atomic E-state index is 4.09. The normalized spacial score (nSPS) is 18.3. The largest absolute Gasteiger partial charge is 0.0996 e. The number of hydrogen-bond donors (Lipinski definition) is 0. The Morgan fingerprint density at radius 2 is 1.69 bits per heavy atom. The van der Waals surface area contributed by atoms with Gasteiger partial charge in [-0.1, -0.05) is 43.3 Å². The zero-order valence-electron chi connectivity index (χ0n) is 8.43. The van der Waals surface area contributed by atoms with Gasteiger partial charge in [-0.25, -0.2) is 0 Å².